The van der Waals surface area contributed by atoms with Crippen LogP contribution in [0.15, 0.2) is 42.5 Å². The molecule has 3 atom stereocenters. The quantitative estimate of drug-likeness (QED) is 0.302. The Morgan fingerprint density at radius 1 is 1.15 bits per heavy atom. The van der Waals surface area contributed by atoms with Crippen LogP contribution in [-0.4, -0.2) is 48.9 Å². The zero-order valence-corrected chi connectivity index (χ0v) is 19.8. The molecule has 184 valence electrons. The predicted octanol–water partition coefficient (Wildman–Crippen LogP) is 2.03. The first kappa shape index (κ1) is 25.5. The van der Waals surface area contributed by atoms with Crippen LogP contribution in [0, 0.1) is 11.8 Å². The van der Waals surface area contributed by atoms with Crippen molar-refractivity contribution in [2.45, 2.75) is 64.0 Å². The Bertz CT molecular complexity index is 882. The van der Waals surface area contributed by atoms with E-state index in [0.29, 0.717) is 38.1 Å². The number of ether oxygens (including phenoxy) is 1. The summed E-state index contributed by atoms with van der Waals surface area (Å²) in [6, 6.07) is 8.20. The largest absolute Gasteiger partial charge is 0.463 e. The van der Waals surface area contributed by atoms with E-state index in [1.54, 1.807) is 13.0 Å². The monoisotopic (exact) mass is 469 g/mol. The average Bonchev–Trinajstić information content (AvgIpc) is 3.57. The summed E-state index contributed by atoms with van der Waals surface area (Å²) in [7, 11) is 0. The molecule has 1 aliphatic heterocycles. The van der Waals surface area contributed by atoms with E-state index in [1.807, 2.05) is 30.3 Å². The number of amides is 3. The molecule has 34 heavy (non-hydrogen) atoms. The van der Waals surface area contributed by atoms with Gasteiger partial charge < -0.3 is 20.7 Å². The Kier molecular flexibility index (Phi) is 9.67. The van der Waals surface area contributed by atoms with Crippen LogP contribution in [0.3, 0.4) is 0 Å². The Balaban J connectivity index is 1.69. The molecule has 1 aromatic rings. The van der Waals surface area contributed by atoms with Gasteiger partial charge in [-0.2, -0.15) is 0 Å². The van der Waals surface area contributed by atoms with E-state index in [2.05, 4.69) is 16.0 Å². The normalized spacial score (nSPS) is 19.3. The lowest BCUT2D eigenvalue weighted by molar-refractivity contribution is -0.137. The zero-order valence-electron chi connectivity index (χ0n) is 19.8. The van der Waals surface area contributed by atoms with Crippen molar-refractivity contribution in [3.8, 4) is 0 Å². The number of rotatable bonds is 13. The van der Waals surface area contributed by atoms with Crippen molar-refractivity contribution in [1.29, 1.82) is 0 Å². The fourth-order valence-corrected chi connectivity index (χ4v) is 4.10. The lowest BCUT2D eigenvalue weighted by Crippen LogP contribution is -2.50. The third-order valence-corrected chi connectivity index (χ3v) is 6.19. The second-order valence-corrected chi connectivity index (χ2v) is 9.03. The molecule has 2 aliphatic rings. The van der Waals surface area contributed by atoms with Gasteiger partial charge in [-0.15, -0.1) is 0 Å². The van der Waals surface area contributed by atoms with E-state index in [9.17, 15) is 19.2 Å². The average molecular weight is 470 g/mol. The summed E-state index contributed by atoms with van der Waals surface area (Å²) in [6.07, 6.45) is 7.81. The molecule has 1 aliphatic carbocycles. The predicted molar refractivity (Wildman–Crippen MR) is 127 cm³/mol. The van der Waals surface area contributed by atoms with Gasteiger partial charge in [0.1, 0.15) is 6.04 Å². The van der Waals surface area contributed by atoms with Gasteiger partial charge in [0.25, 0.3) is 0 Å². The molecule has 8 nitrogen and oxygen atoms in total. The van der Waals surface area contributed by atoms with Gasteiger partial charge >= 0.3 is 5.97 Å². The van der Waals surface area contributed by atoms with Crippen LogP contribution in [-0.2, 0) is 30.3 Å². The molecule has 1 saturated heterocycles. The summed E-state index contributed by atoms with van der Waals surface area (Å²) >= 11 is 0. The number of hydrogen-bond acceptors (Lipinski definition) is 5. The number of benzene rings is 1. The Morgan fingerprint density at radius 2 is 1.91 bits per heavy atom. The third-order valence-electron chi connectivity index (χ3n) is 6.19. The van der Waals surface area contributed by atoms with Crippen molar-refractivity contribution in [1.82, 2.24) is 16.0 Å². The minimum Gasteiger partial charge on any atom is -0.463 e. The molecule has 0 bridgehead atoms. The summed E-state index contributed by atoms with van der Waals surface area (Å²) in [5.74, 6) is -0.679. The van der Waals surface area contributed by atoms with Gasteiger partial charge in [-0.05, 0) is 37.7 Å². The van der Waals surface area contributed by atoms with Crippen molar-refractivity contribution >= 4 is 23.7 Å². The highest BCUT2D eigenvalue weighted by Gasteiger charge is 2.29. The summed E-state index contributed by atoms with van der Waals surface area (Å²) in [4.78, 5) is 49.8. The molecule has 3 N–H and O–H groups in total. The second-order valence-electron chi connectivity index (χ2n) is 9.03. The van der Waals surface area contributed by atoms with Crippen molar-refractivity contribution in [2.75, 3.05) is 13.2 Å². The number of carbonyl (C=O) groups is 4. The van der Waals surface area contributed by atoms with Gasteiger partial charge in [0.15, 0.2) is 0 Å². The van der Waals surface area contributed by atoms with Gasteiger partial charge in [-0.3, -0.25) is 14.4 Å². The lowest BCUT2D eigenvalue weighted by atomic mass is 9.97. The van der Waals surface area contributed by atoms with Crippen molar-refractivity contribution < 1.29 is 23.9 Å². The molecule has 0 aromatic heterocycles. The van der Waals surface area contributed by atoms with Crippen LogP contribution in [0.2, 0.25) is 0 Å². The van der Waals surface area contributed by atoms with Crippen LogP contribution in [0.25, 0.3) is 0 Å². The number of hydrogen-bond donors (Lipinski definition) is 3. The lowest BCUT2D eigenvalue weighted by Gasteiger charge is -2.23. The molecule has 1 saturated carbocycles. The highest BCUT2D eigenvalue weighted by atomic mass is 16.5. The van der Waals surface area contributed by atoms with E-state index >= 15 is 0 Å². The fourth-order valence-electron chi connectivity index (χ4n) is 4.10. The van der Waals surface area contributed by atoms with Crippen LogP contribution < -0.4 is 16.0 Å². The summed E-state index contributed by atoms with van der Waals surface area (Å²) < 4.78 is 4.94. The third kappa shape index (κ3) is 8.65. The Morgan fingerprint density at radius 3 is 2.56 bits per heavy atom. The van der Waals surface area contributed by atoms with Gasteiger partial charge in [0, 0.05) is 37.4 Å². The summed E-state index contributed by atoms with van der Waals surface area (Å²) in [5, 5.41) is 8.63. The highest BCUT2D eigenvalue weighted by Crippen LogP contribution is 2.33. The molecule has 8 heteroatoms. The summed E-state index contributed by atoms with van der Waals surface area (Å²) in [5.41, 5.74) is 0.930. The van der Waals surface area contributed by atoms with Crippen LogP contribution >= 0.6 is 0 Å². The number of esters is 1. The van der Waals surface area contributed by atoms with Crippen LogP contribution in [0.4, 0.5) is 0 Å². The van der Waals surface area contributed by atoms with Gasteiger partial charge in [-0.1, -0.05) is 49.2 Å². The zero-order chi connectivity index (χ0) is 24.3. The Labute approximate surface area is 200 Å². The molecule has 1 heterocycles. The molecule has 0 spiro atoms. The molecular weight excluding hydrogens is 434 g/mol. The van der Waals surface area contributed by atoms with Crippen molar-refractivity contribution in [3.05, 3.63) is 48.0 Å². The second kappa shape index (κ2) is 12.9. The maximum absolute atomic E-state index is 13.3. The van der Waals surface area contributed by atoms with E-state index in [1.165, 1.54) is 18.9 Å². The maximum atomic E-state index is 13.3. The minimum absolute atomic E-state index is 0.0574. The molecule has 3 rings (SSSR count). The van der Waals surface area contributed by atoms with E-state index in [4.69, 9.17) is 4.74 Å². The molecule has 1 aromatic carbocycles. The molecular formula is C26H35N3O5. The molecule has 0 unspecified atom stereocenters. The first-order valence-corrected chi connectivity index (χ1v) is 12.2. The topological polar surface area (TPSA) is 114 Å². The molecule has 2 fully saturated rings. The first-order valence-electron chi connectivity index (χ1n) is 12.2. The van der Waals surface area contributed by atoms with E-state index < -0.39 is 18.1 Å². The standard InChI is InChI=1S/C26H35N3O5/c1-2-34-24(31)13-11-21(17-20-14-15-27-25(20)32)28-26(33)22(16-19-6-4-3-5-7-19)29-23(30)12-10-18-8-9-18/h3-7,11,13,18,20-22H,2,8-10,12,14-17H2,1H3,(H,27,32)(H,28,33)(H,29,30)/b13-11-/t20-,21+,22-/m0/s1. The van der Waals surface area contributed by atoms with Gasteiger partial charge in [0.2, 0.25) is 17.7 Å². The van der Waals surface area contributed by atoms with Gasteiger partial charge in [0.05, 0.1) is 6.61 Å². The molecule has 0 radical (unpaired) electrons. The SMILES string of the molecule is CCOC(=O)/C=C\[C@H](C[C@@H]1CCNC1=O)NC(=O)[C@H](Cc1ccccc1)NC(=O)CCC1CC1. The van der Waals surface area contributed by atoms with Crippen LogP contribution in [0.1, 0.15) is 51.0 Å². The highest BCUT2D eigenvalue weighted by molar-refractivity contribution is 5.88. The smallest absolute Gasteiger partial charge is 0.330 e. The van der Waals surface area contributed by atoms with Gasteiger partial charge in [-0.25, -0.2) is 4.79 Å². The number of nitrogens with one attached hydrogen (secondary N) is 3. The Hall–Kier alpha value is -3.16. The summed E-state index contributed by atoms with van der Waals surface area (Å²) in [6.45, 7) is 2.56. The van der Waals surface area contributed by atoms with E-state index in [0.717, 1.165) is 12.0 Å². The first-order chi connectivity index (χ1) is 16.4. The number of carbonyl (C=O) groups excluding carboxylic acids is 4. The minimum atomic E-state index is -0.759. The van der Waals surface area contributed by atoms with Crippen molar-refractivity contribution in [2.24, 2.45) is 11.8 Å². The molecule has 3 amide bonds. The van der Waals surface area contributed by atoms with Crippen molar-refractivity contribution in [3.63, 3.8) is 0 Å². The van der Waals surface area contributed by atoms with Crippen LogP contribution in [0.5, 0.6) is 0 Å². The fraction of sp³-hybridized carbons (Fsp3) is 0.538. The maximum Gasteiger partial charge on any atom is 0.330 e. The van der Waals surface area contributed by atoms with E-state index in [-0.39, 0.29) is 30.2 Å².